The number of methoxy groups -OCH3 is 1. The number of rotatable bonds is 4. The third kappa shape index (κ3) is 2.75. The first-order valence-electron chi connectivity index (χ1n) is 7.18. The van der Waals surface area contributed by atoms with E-state index in [-0.39, 0.29) is 17.6 Å². The van der Waals surface area contributed by atoms with E-state index in [0.717, 1.165) is 6.42 Å². The van der Waals surface area contributed by atoms with Gasteiger partial charge in [0.25, 0.3) is 0 Å². The van der Waals surface area contributed by atoms with E-state index in [0.29, 0.717) is 5.76 Å². The molecule has 2 atom stereocenters. The number of allylic oxidation sites excluding steroid dienone is 2. The van der Waals surface area contributed by atoms with Crippen LogP contribution in [0.1, 0.15) is 17.0 Å². The normalized spacial score (nSPS) is 21.2. The first-order valence-corrected chi connectivity index (χ1v) is 7.18. The fourth-order valence-electron chi connectivity index (χ4n) is 2.97. The highest BCUT2D eigenvalue weighted by molar-refractivity contribution is 5.99. The maximum absolute atomic E-state index is 12.5. The number of carbonyl (C=O) groups is 1. The SMILES string of the molecule is COC1=C[C@H](c2ccccc2)[C@@H](Cc2ccccc2)C1=O. The number of ketones is 1. The minimum absolute atomic E-state index is 0.0789. The molecule has 0 aromatic heterocycles. The van der Waals surface area contributed by atoms with Crippen LogP contribution in [0, 0.1) is 5.92 Å². The van der Waals surface area contributed by atoms with Crippen molar-refractivity contribution in [1.29, 1.82) is 0 Å². The highest BCUT2D eigenvalue weighted by Gasteiger charge is 2.37. The molecule has 0 bridgehead atoms. The molecular weight excluding hydrogens is 260 g/mol. The molecule has 0 aliphatic heterocycles. The molecule has 0 saturated heterocycles. The third-order valence-corrected chi connectivity index (χ3v) is 4.05. The Kier molecular flexibility index (Phi) is 3.87. The summed E-state index contributed by atoms with van der Waals surface area (Å²) in [6, 6.07) is 20.3. The number of Topliss-reactive ketones (excluding diaryl/α,β-unsaturated/α-hetero) is 1. The third-order valence-electron chi connectivity index (χ3n) is 4.05. The molecule has 2 aromatic rings. The van der Waals surface area contributed by atoms with Crippen molar-refractivity contribution in [2.45, 2.75) is 12.3 Å². The van der Waals surface area contributed by atoms with Crippen LogP contribution in [-0.2, 0) is 16.0 Å². The topological polar surface area (TPSA) is 26.3 Å². The average Bonchev–Trinajstić information content (AvgIpc) is 2.86. The van der Waals surface area contributed by atoms with Gasteiger partial charge in [0.05, 0.1) is 7.11 Å². The Bertz CT molecular complexity index is 644. The molecule has 0 N–H and O–H groups in total. The molecule has 1 aliphatic carbocycles. The van der Waals surface area contributed by atoms with Crippen molar-refractivity contribution in [3.8, 4) is 0 Å². The molecule has 0 radical (unpaired) electrons. The van der Waals surface area contributed by atoms with Gasteiger partial charge in [0.2, 0.25) is 5.78 Å². The van der Waals surface area contributed by atoms with Crippen LogP contribution in [-0.4, -0.2) is 12.9 Å². The van der Waals surface area contributed by atoms with E-state index in [4.69, 9.17) is 4.74 Å². The van der Waals surface area contributed by atoms with Crippen molar-refractivity contribution in [3.05, 3.63) is 83.6 Å². The zero-order valence-electron chi connectivity index (χ0n) is 12.0. The van der Waals surface area contributed by atoms with E-state index in [9.17, 15) is 4.79 Å². The summed E-state index contributed by atoms with van der Waals surface area (Å²) < 4.78 is 5.25. The van der Waals surface area contributed by atoms with Crippen LogP contribution < -0.4 is 0 Å². The largest absolute Gasteiger partial charge is 0.493 e. The minimum Gasteiger partial charge on any atom is -0.493 e. The number of hydrogen-bond donors (Lipinski definition) is 0. The minimum atomic E-state index is -0.0789. The van der Waals surface area contributed by atoms with Gasteiger partial charge in [0.15, 0.2) is 5.76 Å². The van der Waals surface area contributed by atoms with Crippen molar-refractivity contribution in [3.63, 3.8) is 0 Å². The van der Waals surface area contributed by atoms with Gasteiger partial charge in [-0.15, -0.1) is 0 Å². The van der Waals surface area contributed by atoms with Gasteiger partial charge in [-0.2, -0.15) is 0 Å². The van der Waals surface area contributed by atoms with E-state index < -0.39 is 0 Å². The summed E-state index contributed by atoms with van der Waals surface area (Å²) in [4.78, 5) is 12.5. The van der Waals surface area contributed by atoms with Crippen molar-refractivity contribution < 1.29 is 9.53 Å². The van der Waals surface area contributed by atoms with Gasteiger partial charge in [0, 0.05) is 11.8 Å². The lowest BCUT2D eigenvalue weighted by Gasteiger charge is -2.18. The number of hydrogen-bond acceptors (Lipinski definition) is 2. The predicted molar refractivity (Wildman–Crippen MR) is 82.9 cm³/mol. The van der Waals surface area contributed by atoms with Crippen molar-refractivity contribution >= 4 is 5.78 Å². The molecule has 3 rings (SSSR count). The molecule has 106 valence electrons. The summed E-state index contributed by atoms with van der Waals surface area (Å²) in [7, 11) is 1.57. The molecule has 2 heteroatoms. The lowest BCUT2D eigenvalue weighted by Crippen LogP contribution is -2.19. The summed E-state index contributed by atoms with van der Waals surface area (Å²) in [5, 5.41) is 0. The van der Waals surface area contributed by atoms with Gasteiger partial charge in [-0.25, -0.2) is 0 Å². The molecule has 0 heterocycles. The highest BCUT2D eigenvalue weighted by Crippen LogP contribution is 2.37. The molecular formula is C19H18O2. The van der Waals surface area contributed by atoms with Gasteiger partial charge in [-0.3, -0.25) is 4.79 Å². The van der Waals surface area contributed by atoms with Gasteiger partial charge in [0.1, 0.15) is 0 Å². The quantitative estimate of drug-likeness (QED) is 0.851. The average molecular weight is 278 g/mol. The van der Waals surface area contributed by atoms with Crippen LogP contribution in [0.2, 0.25) is 0 Å². The smallest absolute Gasteiger partial charge is 0.201 e. The molecule has 0 unspecified atom stereocenters. The maximum atomic E-state index is 12.5. The van der Waals surface area contributed by atoms with Gasteiger partial charge in [-0.1, -0.05) is 60.7 Å². The van der Waals surface area contributed by atoms with Crippen LogP contribution >= 0.6 is 0 Å². The van der Waals surface area contributed by atoms with E-state index in [1.165, 1.54) is 11.1 Å². The summed E-state index contributed by atoms with van der Waals surface area (Å²) in [6.45, 7) is 0. The van der Waals surface area contributed by atoms with E-state index in [1.807, 2.05) is 42.5 Å². The summed E-state index contributed by atoms with van der Waals surface area (Å²) in [6.07, 6.45) is 2.70. The zero-order valence-corrected chi connectivity index (χ0v) is 12.0. The van der Waals surface area contributed by atoms with Crippen molar-refractivity contribution in [1.82, 2.24) is 0 Å². The van der Waals surface area contributed by atoms with E-state index >= 15 is 0 Å². The Hall–Kier alpha value is -2.35. The van der Waals surface area contributed by atoms with Gasteiger partial charge >= 0.3 is 0 Å². The van der Waals surface area contributed by atoms with E-state index in [2.05, 4.69) is 24.3 Å². The van der Waals surface area contributed by atoms with Crippen LogP contribution in [0.5, 0.6) is 0 Å². The number of benzene rings is 2. The number of ether oxygens (including phenoxy) is 1. The second-order valence-corrected chi connectivity index (χ2v) is 5.33. The van der Waals surface area contributed by atoms with Crippen LogP contribution in [0.15, 0.2) is 72.5 Å². The van der Waals surface area contributed by atoms with Crippen LogP contribution in [0.3, 0.4) is 0 Å². The molecule has 0 fully saturated rings. The van der Waals surface area contributed by atoms with Gasteiger partial charge < -0.3 is 4.74 Å². The molecule has 0 saturated carbocycles. The lowest BCUT2D eigenvalue weighted by atomic mass is 9.84. The predicted octanol–water partition coefficient (Wildman–Crippen LogP) is 3.74. The Balaban J connectivity index is 1.91. The molecule has 0 amide bonds. The summed E-state index contributed by atoms with van der Waals surface area (Å²) >= 11 is 0. The summed E-state index contributed by atoms with van der Waals surface area (Å²) in [5.41, 5.74) is 2.35. The zero-order chi connectivity index (χ0) is 14.7. The molecule has 1 aliphatic rings. The van der Waals surface area contributed by atoms with Crippen LogP contribution in [0.25, 0.3) is 0 Å². The van der Waals surface area contributed by atoms with Gasteiger partial charge in [-0.05, 0) is 23.6 Å². The first-order chi connectivity index (χ1) is 10.3. The molecule has 2 aromatic carbocycles. The lowest BCUT2D eigenvalue weighted by molar-refractivity contribution is -0.121. The standard InChI is InChI=1S/C19H18O2/c1-21-18-13-16(15-10-6-3-7-11-15)17(19(18)20)12-14-8-4-2-5-9-14/h2-11,13,16-17H,12H2,1H3/t16-,17-/m1/s1. The monoisotopic (exact) mass is 278 g/mol. The number of carbonyl (C=O) groups excluding carboxylic acids is 1. The second-order valence-electron chi connectivity index (χ2n) is 5.33. The highest BCUT2D eigenvalue weighted by atomic mass is 16.5. The maximum Gasteiger partial charge on any atom is 0.201 e. The molecule has 2 nitrogen and oxygen atoms in total. The molecule has 0 spiro atoms. The summed E-state index contributed by atoms with van der Waals surface area (Å²) in [5.74, 6) is 0.610. The van der Waals surface area contributed by atoms with Crippen molar-refractivity contribution in [2.75, 3.05) is 7.11 Å². The Labute approximate surface area is 125 Å². The fourth-order valence-corrected chi connectivity index (χ4v) is 2.97. The first kappa shape index (κ1) is 13.6. The fraction of sp³-hybridized carbons (Fsp3) is 0.211. The Morgan fingerprint density at radius 3 is 2.19 bits per heavy atom. The van der Waals surface area contributed by atoms with Crippen LogP contribution in [0.4, 0.5) is 0 Å². The Morgan fingerprint density at radius 1 is 0.952 bits per heavy atom. The molecule has 21 heavy (non-hydrogen) atoms. The Morgan fingerprint density at radius 2 is 1.57 bits per heavy atom. The van der Waals surface area contributed by atoms with Crippen molar-refractivity contribution in [2.24, 2.45) is 5.92 Å². The van der Waals surface area contributed by atoms with E-state index in [1.54, 1.807) is 7.11 Å². The second kappa shape index (κ2) is 5.96.